The van der Waals surface area contributed by atoms with Gasteiger partial charge in [0.15, 0.2) is 0 Å². The number of rotatable bonds is 5. The molecule has 0 aromatic carbocycles. The Balaban J connectivity index is 2.40. The van der Waals surface area contributed by atoms with E-state index in [4.69, 9.17) is 0 Å². The SMILES string of the molecule is C=NN(/C=C\C)CC(=O)N1CCN(CC)CC1. The van der Waals surface area contributed by atoms with Gasteiger partial charge in [0.1, 0.15) is 6.54 Å². The molecule has 1 fully saturated rings. The fourth-order valence-corrected chi connectivity index (χ4v) is 1.87. The second-order valence-corrected chi connectivity index (χ2v) is 4.04. The second kappa shape index (κ2) is 7.06. The quantitative estimate of drug-likeness (QED) is 0.520. The summed E-state index contributed by atoms with van der Waals surface area (Å²) in [5.41, 5.74) is 0. The molecule has 0 N–H and O–H groups in total. The van der Waals surface area contributed by atoms with Crippen LogP contribution >= 0.6 is 0 Å². The van der Waals surface area contributed by atoms with Crippen LogP contribution in [0.25, 0.3) is 0 Å². The van der Waals surface area contributed by atoms with Gasteiger partial charge in [-0.3, -0.25) is 9.80 Å². The van der Waals surface area contributed by atoms with E-state index in [1.807, 2.05) is 17.9 Å². The van der Waals surface area contributed by atoms with E-state index in [-0.39, 0.29) is 12.5 Å². The van der Waals surface area contributed by atoms with Crippen LogP contribution in [-0.2, 0) is 4.79 Å². The number of likely N-dealkylation sites (N-methyl/N-ethyl adjacent to an activating group) is 1. The standard InChI is InChI=1S/C12H22N4O/c1-4-6-16(13-3)11-12(17)15-9-7-14(5-2)8-10-15/h4,6H,3,5,7-11H2,1-2H3/b6-4-. The first-order chi connectivity index (χ1) is 8.21. The maximum Gasteiger partial charge on any atom is 0.244 e. The lowest BCUT2D eigenvalue weighted by Gasteiger charge is -2.34. The second-order valence-electron chi connectivity index (χ2n) is 4.04. The Bertz CT molecular complexity index is 282. The van der Waals surface area contributed by atoms with E-state index in [1.54, 1.807) is 11.2 Å². The normalized spacial score (nSPS) is 17.4. The zero-order valence-electron chi connectivity index (χ0n) is 10.8. The first-order valence-electron chi connectivity index (χ1n) is 6.07. The molecule has 0 aliphatic carbocycles. The smallest absolute Gasteiger partial charge is 0.244 e. The van der Waals surface area contributed by atoms with Crippen molar-refractivity contribution in [2.45, 2.75) is 13.8 Å². The summed E-state index contributed by atoms with van der Waals surface area (Å²) in [6, 6.07) is 0. The number of carbonyl (C=O) groups is 1. The molecule has 0 saturated carbocycles. The number of hydrogen-bond donors (Lipinski definition) is 0. The van der Waals surface area contributed by atoms with Crippen LogP contribution in [0.3, 0.4) is 0 Å². The molecule has 0 spiro atoms. The highest BCUT2D eigenvalue weighted by atomic mass is 16.2. The Morgan fingerprint density at radius 1 is 1.41 bits per heavy atom. The van der Waals surface area contributed by atoms with E-state index in [2.05, 4.69) is 23.6 Å². The molecule has 0 aromatic rings. The molecule has 1 amide bonds. The molecule has 1 saturated heterocycles. The Hall–Kier alpha value is -1.36. The highest BCUT2D eigenvalue weighted by molar-refractivity contribution is 5.78. The average molecular weight is 238 g/mol. The minimum Gasteiger partial charge on any atom is -0.339 e. The van der Waals surface area contributed by atoms with Gasteiger partial charge in [-0.2, -0.15) is 5.10 Å². The third kappa shape index (κ3) is 4.19. The summed E-state index contributed by atoms with van der Waals surface area (Å²) in [6.07, 6.45) is 3.60. The predicted octanol–water partition coefficient (Wildman–Crippen LogP) is 0.602. The fourth-order valence-electron chi connectivity index (χ4n) is 1.87. The molecular formula is C12H22N4O. The highest BCUT2D eigenvalue weighted by Gasteiger charge is 2.20. The topological polar surface area (TPSA) is 39.2 Å². The molecular weight excluding hydrogens is 216 g/mol. The molecule has 1 heterocycles. The summed E-state index contributed by atoms with van der Waals surface area (Å²) < 4.78 is 0. The Labute approximate surface area is 103 Å². The predicted molar refractivity (Wildman–Crippen MR) is 69.8 cm³/mol. The van der Waals surface area contributed by atoms with E-state index in [0.717, 1.165) is 32.7 Å². The Morgan fingerprint density at radius 3 is 2.53 bits per heavy atom. The number of piperazine rings is 1. The summed E-state index contributed by atoms with van der Waals surface area (Å²) in [7, 11) is 0. The van der Waals surface area contributed by atoms with Crippen molar-refractivity contribution in [2.24, 2.45) is 5.10 Å². The van der Waals surface area contributed by atoms with Crippen LogP contribution in [0.15, 0.2) is 17.4 Å². The maximum atomic E-state index is 12.0. The van der Waals surface area contributed by atoms with Gasteiger partial charge >= 0.3 is 0 Å². The van der Waals surface area contributed by atoms with Crippen molar-refractivity contribution in [3.05, 3.63) is 12.3 Å². The van der Waals surface area contributed by atoms with E-state index < -0.39 is 0 Å². The zero-order valence-corrected chi connectivity index (χ0v) is 10.8. The van der Waals surface area contributed by atoms with Gasteiger partial charge in [-0.1, -0.05) is 13.0 Å². The van der Waals surface area contributed by atoms with E-state index in [9.17, 15) is 4.79 Å². The molecule has 0 radical (unpaired) electrons. The molecule has 5 nitrogen and oxygen atoms in total. The molecule has 1 aliphatic rings. The molecule has 0 aromatic heterocycles. The van der Waals surface area contributed by atoms with Gasteiger partial charge in [-0.05, 0) is 13.5 Å². The van der Waals surface area contributed by atoms with Gasteiger partial charge in [-0.15, -0.1) is 0 Å². The lowest BCUT2D eigenvalue weighted by molar-refractivity contribution is -0.133. The van der Waals surface area contributed by atoms with Crippen molar-refractivity contribution in [1.82, 2.24) is 14.8 Å². The molecule has 1 aliphatic heterocycles. The van der Waals surface area contributed by atoms with Gasteiger partial charge < -0.3 is 9.80 Å². The lowest BCUT2D eigenvalue weighted by atomic mass is 10.3. The fraction of sp³-hybridized carbons (Fsp3) is 0.667. The summed E-state index contributed by atoms with van der Waals surface area (Å²) in [5, 5.41) is 5.35. The largest absolute Gasteiger partial charge is 0.339 e. The number of hydrazone groups is 1. The van der Waals surface area contributed by atoms with Crippen molar-refractivity contribution in [2.75, 3.05) is 39.3 Å². The zero-order chi connectivity index (χ0) is 12.7. The van der Waals surface area contributed by atoms with Crippen LogP contribution in [0, 0.1) is 0 Å². The Kier molecular flexibility index (Phi) is 5.69. The van der Waals surface area contributed by atoms with Crippen LogP contribution in [0.1, 0.15) is 13.8 Å². The summed E-state index contributed by atoms with van der Waals surface area (Å²) in [4.78, 5) is 16.2. The van der Waals surface area contributed by atoms with Crippen molar-refractivity contribution in [1.29, 1.82) is 0 Å². The number of amides is 1. The van der Waals surface area contributed by atoms with Gasteiger partial charge in [-0.25, -0.2) is 0 Å². The van der Waals surface area contributed by atoms with Gasteiger partial charge in [0.25, 0.3) is 0 Å². The third-order valence-electron chi connectivity index (χ3n) is 2.97. The number of nitrogens with zero attached hydrogens (tertiary/aromatic N) is 4. The van der Waals surface area contributed by atoms with Crippen LogP contribution < -0.4 is 0 Å². The molecule has 17 heavy (non-hydrogen) atoms. The third-order valence-corrected chi connectivity index (χ3v) is 2.97. The van der Waals surface area contributed by atoms with Crippen molar-refractivity contribution in [3.8, 4) is 0 Å². The van der Waals surface area contributed by atoms with Crippen molar-refractivity contribution < 1.29 is 4.79 Å². The van der Waals surface area contributed by atoms with Gasteiger partial charge in [0.05, 0.1) is 0 Å². The summed E-state index contributed by atoms with van der Waals surface area (Å²) in [6.45, 7) is 12.4. The minimum absolute atomic E-state index is 0.117. The Morgan fingerprint density at radius 2 is 2.06 bits per heavy atom. The van der Waals surface area contributed by atoms with Crippen LogP contribution in [0.4, 0.5) is 0 Å². The molecule has 96 valence electrons. The molecule has 0 unspecified atom stereocenters. The number of allylic oxidation sites excluding steroid dienone is 1. The highest BCUT2D eigenvalue weighted by Crippen LogP contribution is 2.03. The van der Waals surface area contributed by atoms with E-state index in [1.165, 1.54) is 0 Å². The van der Waals surface area contributed by atoms with Gasteiger partial charge in [0, 0.05) is 39.1 Å². The maximum absolute atomic E-state index is 12.0. The first kappa shape index (κ1) is 13.7. The molecule has 5 heteroatoms. The molecule has 1 rings (SSSR count). The number of hydrogen-bond acceptors (Lipinski definition) is 4. The van der Waals surface area contributed by atoms with E-state index in [0.29, 0.717) is 0 Å². The summed E-state index contributed by atoms with van der Waals surface area (Å²) in [5.74, 6) is 0.117. The van der Waals surface area contributed by atoms with E-state index >= 15 is 0 Å². The number of carbonyl (C=O) groups excluding carboxylic acids is 1. The van der Waals surface area contributed by atoms with Gasteiger partial charge in [0.2, 0.25) is 5.91 Å². The summed E-state index contributed by atoms with van der Waals surface area (Å²) >= 11 is 0. The molecule has 0 atom stereocenters. The van der Waals surface area contributed by atoms with Crippen LogP contribution in [-0.4, -0.2) is 66.7 Å². The molecule has 0 bridgehead atoms. The first-order valence-corrected chi connectivity index (χ1v) is 6.07. The average Bonchev–Trinajstić information content (AvgIpc) is 2.38. The minimum atomic E-state index is 0.117. The van der Waals surface area contributed by atoms with Crippen LogP contribution in [0.5, 0.6) is 0 Å². The monoisotopic (exact) mass is 238 g/mol. The van der Waals surface area contributed by atoms with Crippen molar-refractivity contribution in [3.63, 3.8) is 0 Å². The lowest BCUT2D eigenvalue weighted by Crippen LogP contribution is -2.50. The van der Waals surface area contributed by atoms with Crippen LogP contribution in [0.2, 0.25) is 0 Å². The van der Waals surface area contributed by atoms with Crippen molar-refractivity contribution >= 4 is 12.6 Å².